The van der Waals surface area contributed by atoms with Crippen molar-refractivity contribution in [1.29, 1.82) is 0 Å². The van der Waals surface area contributed by atoms with Gasteiger partial charge in [0.1, 0.15) is 11.7 Å². The van der Waals surface area contributed by atoms with Crippen molar-refractivity contribution in [1.82, 2.24) is 10.2 Å². The number of alkyl halides is 3. The lowest BCUT2D eigenvalue weighted by molar-refractivity contribution is -0.384. The van der Waals surface area contributed by atoms with E-state index in [0.29, 0.717) is 11.8 Å². The summed E-state index contributed by atoms with van der Waals surface area (Å²) >= 11 is 0. The number of nitrogens with one attached hydrogen (secondary N) is 2. The minimum atomic E-state index is -4.69. The molecule has 0 aliphatic carbocycles. The van der Waals surface area contributed by atoms with Crippen LogP contribution in [0, 0.1) is 16.0 Å². The van der Waals surface area contributed by atoms with Gasteiger partial charge >= 0.3 is 12.2 Å². The van der Waals surface area contributed by atoms with Gasteiger partial charge in [-0.2, -0.15) is 13.2 Å². The molecule has 0 bridgehead atoms. The molecule has 2 aromatic carbocycles. The van der Waals surface area contributed by atoms with Crippen LogP contribution in [-0.2, 0) is 11.0 Å². The summed E-state index contributed by atoms with van der Waals surface area (Å²) in [7, 11) is 0. The SMILES string of the molecule is CC(C)C(NC(=O)Nc1ccccc1)C(=O)N1CCN(c2ccc(C(F)(F)F)cc2[N+](=O)[O-])CC1. The van der Waals surface area contributed by atoms with Crippen LogP contribution in [0.5, 0.6) is 0 Å². The summed E-state index contributed by atoms with van der Waals surface area (Å²) in [6, 6.07) is 9.86. The van der Waals surface area contributed by atoms with Gasteiger partial charge in [-0.25, -0.2) is 4.79 Å². The summed E-state index contributed by atoms with van der Waals surface area (Å²) in [6.07, 6.45) is -4.69. The zero-order valence-electron chi connectivity index (χ0n) is 19.2. The van der Waals surface area contributed by atoms with E-state index in [-0.39, 0.29) is 43.7 Å². The molecule has 2 aromatic rings. The number of nitro groups is 1. The van der Waals surface area contributed by atoms with Gasteiger partial charge in [0.2, 0.25) is 5.91 Å². The van der Waals surface area contributed by atoms with Crippen LogP contribution in [0.2, 0.25) is 0 Å². The summed E-state index contributed by atoms with van der Waals surface area (Å²) in [5, 5.41) is 16.8. The summed E-state index contributed by atoms with van der Waals surface area (Å²) in [5.74, 6) is -0.511. The number of urea groups is 1. The number of hydrogen-bond acceptors (Lipinski definition) is 5. The summed E-state index contributed by atoms with van der Waals surface area (Å²) < 4.78 is 39.0. The Morgan fingerprint density at radius 3 is 2.20 bits per heavy atom. The van der Waals surface area contributed by atoms with Gasteiger partial charge in [-0.05, 0) is 30.2 Å². The molecular formula is C23H26F3N5O4. The number of nitrogens with zero attached hydrogens (tertiary/aromatic N) is 3. The Hall–Kier alpha value is -3.83. The molecule has 12 heteroatoms. The molecule has 9 nitrogen and oxygen atoms in total. The standard InChI is InChI=1S/C23H26F3N5O4/c1-15(2)20(28-22(33)27-17-6-4-3-5-7-17)21(32)30-12-10-29(11-13-30)18-9-8-16(23(24,25)26)14-19(18)31(34)35/h3-9,14-15,20H,10-13H2,1-2H3,(H2,27,28,33). The van der Waals surface area contributed by atoms with Crippen LogP contribution < -0.4 is 15.5 Å². The number of anilines is 2. The average Bonchev–Trinajstić information content (AvgIpc) is 2.81. The van der Waals surface area contributed by atoms with E-state index < -0.39 is 34.4 Å². The predicted molar refractivity (Wildman–Crippen MR) is 124 cm³/mol. The molecule has 35 heavy (non-hydrogen) atoms. The maximum Gasteiger partial charge on any atom is 0.416 e. The van der Waals surface area contributed by atoms with Gasteiger partial charge in [-0.15, -0.1) is 0 Å². The largest absolute Gasteiger partial charge is 0.416 e. The van der Waals surface area contributed by atoms with Crippen LogP contribution >= 0.6 is 0 Å². The Balaban J connectivity index is 1.66. The third-order valence-corrected chi connectivity index (χ3v) is 5.68. The summed E-state index contributed by atoms with van der Waals surface area (Å²) in [6.45, 7) is 4.38. The monoisotopic (exact) mass is 493 g/mol. The van der Waals surface area contributed by atoms with E-state index in [4.69, 9.17) is 0 Å². The second kappa shape index (κ2) is 10.6. The number of carbonyl (C=O) groups excluding carboxylic acids is 2. The molecule has 0 spiro atoms. The zero-order chi connectivity index (χ0) is 25.8. The first kappa shape index (κ1) is 25.8. The minimum absolute atomic E-state index is 0.0656. The fourth-order valence-electron chi connectivity index (χ4n) is 3.82. The molecule has 188 valence electrons. The van der Waals surface area contributed by atoms with E-state index in [1.807, 2.05) is 6.07 Å². The van der Waals surface area contributed by atoms with Crippen molar-refractivity contribution >= 4 is 29.0 Å². The lowest BCUT2D eigenvalue weighted by Crippen LogP contribution is -2.57. The van der Waals surface area contributed by atoms with Gasteiger partial charge < -0.3 is 20.4 Å². The lowest BCUT2D eigenvalue weighted by atomic mass is 10.0. The number of piperazine rings is 1. The maximum absolute atomic E-state index is 13.1. The van der Waals surface area contributed by atoms with Crippen LogP contribution in [0.3, 0.4) is 0 Å². The van der Waals surface area contributed by atoms with Crippen LogP contribution in [0.1, 0.15) is 19.4 Å². The first-order valence-electron chi connectivity index (χ1n) is 11.0. The van der Waals surface area contributed by atoms with Gasteiger partial charge in [0.25, 0.3) is 5.69 Å². The van der Waals surface area contributed by atoms with Crippen LogP contribution in [0.15, 0.2) is 48.5 Å². The second-order valence-electron chi connectivity index (χ2n) is 8.46. The predicted octanol–water partition coefficient (Wildman–Crippen LogP) is 4.11. The van der Waals surface area contributed by atoms with Crippen molar-refractivity contribution in [2.24, 2.45) is 5.92 Å². The summed E-state index contributed by atoms with van der Waals surface area (Å²) in [5.41, 5.74) is -1.09. The minimum Gasteiger partial charge on any atom is -0.362 e. The Morgan fingerprint density at radius 2 is 1.66 bits per heavy atom. The van der Waals surface area contributed by atoms with E-state index in [9.17, 15) is 32.9 Å². The summed E-state index contributed by atoms with van der Waals surface area (Å²) in [4.78, 5) is 39.2. The highest BCUT2D eigenvalue weighted by Crippen LogP contribution is 2.36. The molecule has 1 fully saturated rings. The first-order chi connectivity index (χ1) is 16.5. The zero-order valence-corrected chi connectivity index (χ0v) is 19.2. The molecule has 3 amide bonds. The molecule has 1 unspecified atom stereocenters. The van der Waals surface area contributed by atoms with Crippen molar-refractivity contribution in [2.75, 3.05) is 36.4 Å². The van der Waals surface area contributed by atoms with Gasteiger partial charge in [-0.1, -0.05) is 32.0 Å². The molecular weight excluding hydrogens is 467 g/mol. The van der Waals surface area contributed by atoms with Gasteiger partial charge in [0, 0.05) is 37.9 Å². The third kappa shape index (κ3) is 6.40. The number of para-hydroxylation sites is 1. The molecule has 1 aliphatic rings. The van der Waals surface area contributed by atoms with Crippen molar-refractivity contribution < 1.29 is 27.7 Å². The van der Waals surface area contributed by atoms with Gasteiger partial charge in [0.05, 0.1) is 10.5 Å². The molecule has 1 heterocycles. The Bertz CT molecular complexity index is 1070. The van der Waals surface area contributed by atoms with Gasteiger partial charge in [0.15, 0.2) is 0 Å². The number of amides is 3. The first-order valence-corrected chi connectivity index (χ1v) is 11.0. The molecule has 1 aliphatic heterocycles. The Morgan fingerprint density at radius 1 is 1.03 bits per heavy atom. The fraction of sp³-hybridized carbons (Fsp3) is 0.391. The number of rotatable bonds is 6. The quantitative estimate of drug-likeness (QED) is 0.465. The molecule has 0 saturated carbocycles. The number of halogens is 3. The Labute approximate surface area is 200 Å². The van der Waals surface area contributed by atoms with Crippen molar-refractivity contribution in [2.45, 2.75) is 26.1 Å². The average molecular weight is 493 g/mol. The molecule has 2 N–H and O–H groups in total. The van der Waals surface area contributed by atoms with E-state index in [1.165, 1.54) is 0 Å². The molecule has 0 aromatic heterocycles. The second-order valence-corrected chi connectivity index (χ2v) is 8.46. The number of nitro benzene ring substituents is 1. The Kier molecular flexibility index (Phi) is 7.82. The molecule has 1 atom stereocenters. The van der Waals surface area contributed by atoms with Crippen molar-refractivity contribution in [3.05, 3.63) is 64.2 Å². The highest BCUT2D eigenvalue weighted by atomic mass is 19.4. The lowest BCUT2D eigenvalue weighted by Gasteiger charge is -2.38. The topological polar surface area (TPSA) is 108 Å². The molecule has 0 radical (unpaired) electrons. The van der Waals surface area contributed by atoms with E-state index >= 15 is 0 Å². The van der Waals surface area contributed by atoms with E-state index in [1.54, 1.807) is 47.9 Å². The van der Waals surface area contributed by atoms with Crippen LogP contribution in [-0.4, -0.2) is 54.0 Å². The normalized spacial score (nSPS) is 15.0. The molecule has 1 saturated heterocycles. The van der Waals surface area contributed by atoms with E-state index in [0.717, 1.165) is 12.1 Å². The smallest absolute Gasteiger partial charge is 0.362 e. The van der Waals surface area contributed by atoms with Crippen LogP contribution in [0.4, 0.5) is 35.0 Å². The van der Waals surface area contributed by atoms with E-state index in [2.05, 4.69) is 10.6 Å². The number of hydrogen-bond donors (Lipinski definition) is 2. The van der Waals surface area contributed by atoms with Crippen molar-refractivity contribution in [3.8, 4) is 0 Å². The van der Waals surface area contributed by atoms with Crippen molar-refractivity contribution in [3.63, 3.8) is 0 Å². The fourth-order valence-corrected chi connectivity index (χ4v) is 3.82. The highest BCUT2D eigenvalue weighted by Gasteiger charge is 2.35. The number of carbonyl (C=O) groups is 2. The number of benzene rings is 2. The maximum atomic E-state index is 13.1. The van der Waals surface area contributed by atoms with Gasteiger partial charge in [-0.3, -0.25) is 14.9 Å². The van der Waals surface area contributed by atoms with Crippen LogP contribution in [0.25, 0.3) is 0 Å². The third-order valence-electron chi connectivity index (χ3n) is 5.68. The highest BCUT2D eigenvalue weighted by molar-refractivity contribution is 5.94. The molecule has 3 rings (SSSR count).